The van der Waals surface area contributed by atoms with Crippen LogP contribution in [0.1, 0.15) is 16.1 Å². The Balaban J connectivity index is 1.78. The van der Waals surface area contributed by atoms with Crippen molar-refractivity contribution < 1.29 is 9.21 Å². The van der Waals surface area contributed by atoms with Crippen molar-refractivity contribution in [1.29, 1.82) is 0 Å². The largest absolute Gasteiger partial charge is 0.460 e. The Labute approximate surface area is 150 Å². The molecule has 0 unspecified atom stereocenters. The summed E-state index contributed by atoms with van der Waals surface area (Å²) in [4.78, 5) is 15.0. The zero-order chi connectivity index (χ0) is 17.2. The molecule has 0 N–H and O–H groups in total. The Morgan fingerprint density at radius 2 is 1.88 bits per heavy atom. The summed E-state index contributed by atoms with van der Waals surface area (Å²) in [5.41, 5.74) is 2.10. The smallest absolute Gasteiger partial charge is 0.257 e. The summed E-state index contributed by atoms with van der Waals surface area (Å²) in [5, 5.41) is 4.65. The quantitative estimate of drug-likeness (QED) is 0.721. The molecule has 3 heterocycles. The number of furan rings is 1. The first-order chi connectivity index (χ1) is 12.2. The number of hydrogen-bond acceptors (Lipinski definition) is 4. The highest BCUT2D eigenvalue weighted by molar-refractivity contribution is 7.99. The van der Waals surface area contributed by atoms with Crippen LogP contribution in [0.2, 0.25) is 0 Å². The lowest BCUT2D eigenvalue weighted by atomic mass is 10.2. The lowest BCUT2D eigenvalue weighted by Gasteiger charge is -2.26. The Morgan fingerprint density at radius 1 is 1.12 bits per heavy atom. The lowest BCUT2D eigenvalue weighted by molar-refractivity contribution is 0.0773. The van der Waals surface area contributed by atoms with E-state index < -0.39 is 0 Å². The minimum atomic E-state index is 0.0199. The summed E-state index contributed by atoms with van der Waals surface area (Å²) >= 11 is 1.88. The first-order valence-corrected chi connectivity index (χ1v) is 9.47. The molecule has 1 aromatic carbocycles. The third-order valence-corrected chi connectivity index (χ3v) is 5.18. The molecule has 6 heteroatoms. The average molecular weight is 353 g/mol. The Morgan fingerprint density at radius 3 is 2.56 bits per heavy atom. The van der Waals surface area contributed by atoms with Gasteiger partial charge in [-0.25, -0.2) is 4.68 Å². The highest BCUT2D eigenvalue weighted by Crippen LogP contribution is 2.27. The molecule has 25 heavy (non-hydrogen) atoms. The number of para-hydroxylation sites is 1. The number of amides is 1. The van der Waals surface area contributed by atoms with Gasteiger partial charge in [0.05, 0.1) is 11.3 Å². The van der Waals surface area contributed by atoms with E-state index in [9.17, 15) is 4.79 Å². The fraction of sp³-hybridized carbons (Fsp3) is 0.263. The fourth-order valence-corrected chi connectivity index (χ4v) is 3.83. The van der Waals surface area contributed by atoms with Crippen LogP contribution in [0.4, 0.5) is 0 Å². The van der Waals surface area contributed by atoms with Gasteiger partial charge in [0.25, 0.3) is 5.91 Å². The van der Waals surface area contributed by atoms with E-state index in [1.807, 2.05) is 72.2 Å². The third kappa shape index (κ3) is 3.22. The molecule has 2 aromatic heterocycles. The van der Waals surface area contributed by atoms with Crippen LogP contribution in [-0.4, -0.2) is 45.2 Å². The van der Waals surface area contributed by atoms with Crippen molar-refractivity contribution in [2.24, 2.45) is 0 Å². The molecule has 0 aliphatic carbocycles. The SMILES string of the molecule is Cc1ccc(-c2nn(-c3ccccc3)cc2C(=O)N2CCSCC2)o1. The maximum Gasteiger partial charge on any atom is 0.257 e. The number of aryl methyl sites for hydroxylation is 1. The molecule has 1 aliphatic heterocycles. The molecule has 0 atom stereocenters. The van der Waals surface area contributed by atoms with Crippen molar-refractivity contribution in [2.75, 3.05) is 24.6 Å². The van der Waals surface area contributed by atoms with E-state index in [4.69, 9.17) is 4.42 Å². The summed E-state index contributed by atoms with van der Waals surface area (Å²) < 4.78 is 7.50. The van der Waals surface area contributed by atoms with Crippen molar-refractivity contribution in [3.8, 4) is 17.1 Å². The number of carbonyl (C=O) groups is 1. The molecule has 128 valence electrons. The van der Waals surface area contributed by atoms with Gasteiger partial charge in [-0.15, -0.1) is 0 Å². The molecular weight excluding hydrogens is 334 g/mol. The second-order valence-corrected chi connectivity index (χ2v) is 7.21. The Hall–Kier alpha value is -2.47. The molecule has 5 nitrogen and oxygen atoms in total. The van der Waals surface area contributed by atoms with Crippen LogP contribution < -0.4 is 0 Å². The van der Waals surface area contributed by atoms with Crippen molar-refractivity contribution in [3.05, 3.63) is 60.0 Å². The lowest BCUT2D eigenvalue weighted by Crippen LogP contribution is -2.37. The predicted molar refractivity (Wildman–Crippen MR) is 99.2 cm³/mol. The maximum absolute atomic E-state index is 13.1. The van der Waals surface area contributed by atoms with E-state index in [0.29, 0.717) is 17.0 Å². The van der Waals surface area contributed by atoms with E-state index in [-0.39, 0.29) is 5.91 Å². The maximum atomic E-state index is 13.1. The topological polar surface area (TPSA) is 51.3 Å². The molecule has 1 saturated heterocycles. The van der Waals surface area contributed by atoms with Gasteiger partial charge in [0.15, 0.2) is 5.76 Å². The van der Waals surface area contributed by atoms with E-state index >= 15 is 0 Å². The van der Waals surface area contributed by atoms with E-state index in [2.05, 4.69) is 5.10 Å². The standard InChI is InChI=1S/C19H19N3O2S/c1-14-7-8-17(24-14)18-16(19(23)21-9-11-25-12-10-21)13-22(20-18)15-5-3-2-4-6-15/h2-8,13H,9-12H2,1H3. The Bertz CT molecular complexity index is 879. The van der Waals surface area contributed by atoms with Crippen LogP contribution >= 0.6 is 11.8 Å². The third-order valence-electron chi connectivity index (χ3n) is 4.24. The van der Waals surface area contributed by atoms with E-state index in [1.54, 1.807) is 4.68 Å². The molecular formula is C19H19N3O2S. The molecule has 4 rings (SSSR count). The number of carbonyl (C=O) groups excluding carboxylic acids is 1. The van der Waals surface area contributed by atoms with Crippen LogP contribution in [0.3, 0.4) is 0 Å². The normalized spacial score (nSPS) is 14.7. The molecule has 0 saturated carbocycles. The van der Waals surface area contributed by atoms with Gasteiger partial charge >= 0.3 is 0 Å². The second-order valence-electron chi connectivity index (χ2n) is 5.99. The fourth-order valence-electron chi connectivity index (χ4n) is 2.92. The summed E-state index contributed by atoms with van der Waals surface area (Å²) in [6.45, 7) is 3.44. The monoisotopic (exact) mass is 353 g/mol. The van der Waals surface area contributed by atoms with Gasteiger partial charge in [-0.2, -0.15) is 16.9 Å². The number of nitrogens with zero attached hydrogens (tertiary/aromatic N) is 3. The molecule has 0 radical (unpaired) electrons. The molecule has 3 aromatic rings. The summed E-state index contributed by atoms with van der Waals surface area (Å²) in [7, 11) is 0. The zero-order valence-electron chi connectivity index (χ0n) is 14.0. The second kappa shape index (κ2) is 6.80. The van der Waals surface area contributed by atoms with Gasteiger partial charge in [0.1, 0.15) is 11.5 Å². The first kappa shape index (κ1) is 16.0. The van der Waals surface area contributed by atoms with Crippen LogP contribution in [0.25, 0.3) is 17.1 Å². The Kier molecular flexibility index (Phi) is 4.36. The summed E-state index contributed by atoms with van der Waals surface area (Å²) in [5.74, 6) is 3.41. The van der Waals surface area contributed by atoms with Gasteiger partial charge in [0.2, 0.25) is 0 Å². The van der Waals surface area contributed by atoms with E-state index in [0.717, 1.165) is 36.0 Å². The minimum absolute atomic E-state index is 0.0199. The number of thioether (sulfide) groups is 1. The van der Waals surface area contributed by atoms with Crippen LogP contribution in [0.5, 0.6) is 0 Å². The van der Waals surface area contributed by atoms with Gasteiger partial charge in [-0.05, 0) is 31.2 Å². The molecule has 1 fully saturated rings. The van der Waals surface area contributed by atoms with E-state index in [1.165, 1.54) is 0 Å². The molecule has 0 spiro atoms. The highest BCUT2D eigenvalue weighted by Gasteiger charge is 2.26. The minimum Gasteiger partial charge on any atom is -0.460 e. The highest BCUT2D eigenvalue weighted by atomic mass is 32.2. The van der Waals surface area contributed by atoms with Crippen LogP contribution in [0.15, 0.2) is 53.1 Å². The molecule has 0 bridgehead atoms. The van der Waals surface area contributed by atoms with Gasteiger partial charge in [-0.3, -0.25) is 4.79 Å². The zero-order valence-corrected chi connectivity index (χ0v) is 14.8. The van der Waals surface area contributed by atoms with Crippen molar-refractivity contribution in [3.63, 3.8) is 0 Å². The number of rotatable bonds is 3. The average Bonchev–Trinajstić information content (AvgIpc) is 3.29. The summed E-state index contributed by atoms with van der Waals surface area (Å²) in [6, 6.07) is 13.6. The number of hydrogen-bond donors (Lipinski definition) is 0. The molecule has 1 aliphatic rings. The van der Waals surface area contributed by atoms with Gasteiger partial charge in [-0.1, -0.05) is 18.2 Å². The van der Waals surface area contributed by atoms with Crippen molar-refractivity contribution >= 4 is 17.7 Å². The van der Waals surface area contributed by atoms with Gasteiger partial charge in [0, 0.05) is 30.8 Å². The predicted octanol–water partition coefficient (Wildman–Crippen LogP) is 3.63. The number of aromatic nitrogens is 2. The van der Waals surface area contributed by atoms with Crippen LogP contribution in [0, 0.1) is 6.92 Å². The molecule has 1 amide bonds. The van der Waals surface area contributed by atoms with Crippen molar-refractivity contribution in [1.82, 2.24) is 14.7 Å². The van der Waals surface area contributed by atoms with Gasteiger partial charge < -0.3 is 9.32 Å². The number of benzene rings is 1. The van der Waals surface area contributed by atoms with Crippen molar-refractivity contribution in [2.45, 2.75) is 6.92 Å². The summed E-state index contributed by atoms with van der Waals surface area (Å²) in [6.07, 6.45) is 1.81. The van der Waals surface area contributed by atoms with Crippen LogP contribution in [-0.2, 0) is 0 Å². The first-order valence-electron chi connectivity index (χ1n) is 8.31.